The lowest BCUT2D eigenvalue weighted by Crippen LogP contribution is -2.28. The van der Waals surface area contributed by atoms with Gasteiger partial charge in [-0.05, 0) is 37.1 Å². The smallest absolute Gasteiger partial charge is 0.254 e. The van der Waals surface area contributed by atoms with Gasteiger partial charge < -0.3 is 9.64 Å². The van der Waals surface area contributed by atoms with Crippen molar-refractivity contribution in [3.8, 4) is 17.0 Å². The van der Waals surface area contributed by atoms with Gasteiger partial charge in [0.25, 0.3) is 5.91 Å². The number of carbonyl (C=O) groups excluding carboxylic acids is 1. The Morgan fingerprint density at radius 2 is 1.96 bits per heavy atom. The highest BCUT2D eigenvalue weighted by atomic mass is 16.5. The first-order valence-electron chi connectivity index (χ1n) is 8.41. The van der Waals surface area contributed by atoms with Crippen LogP contribution in [-0.4, -0.2) is 36.0 Å². The number of hydrogen-bond acceptors (Lipinski definition) is 3. The average molecular weight is 331 g/mol. The van der Waals surface area contributed by atoms with E-state index in [4.69, 9.17) is 9.72 Å². The minimum Gasteiger partial charge on any atom is -0.497 e. The second-order valence-electron chi connectivity index (χ2n) is 6.13. The Bertz CT molecular complexity index is 916. The van der Waals surface area contributed by atoms with Gasteiger partial charge in [-0.25, -0.2) is 4.98 Å². The molecular formula is C21H19N2O2. The van der Waals surface area contributed by atoms with E-state index in [2.05, 4.69) is 6.42 Å². The Morgan fingerprint density at radius 3 is 2.68 bits per heavy atom. The molecule has 1 aromatic heterocycles. The zero-order valence-corrected chi connectivity index (χ0v) is 14.1. The molecule has 4 nitrogen and oxygen atoms in total. The van der Waals surface area contributed by atoms with Crippen molar-refractivity contribution in [2.24, 2.45) is 0 Å². The van der Waals surface area contributed by atoms with Gasteiger partial charge >= 0.3 is 0 Å². The number of likely N-dealkylation sites (tertiary alicyclic amines) is 1. The van der Waals surface area contributed by atoms with Crippen LogP contribution >= 0.6 is 0 Å². The number of aromatic nitrogens is 1. The molecule has 125 valence electrons. The van der Waals surface area contributed by atoms with Crippen LogP contribution in [-0.2, 0) is 0 Å². The van der Waals surface area contributed by atoms with Gasteiger partial charge in [0.2, 0.25) is 0 Å². The molecule has 2 heterocycles. The molecule has 0 spiro atoms. The molecule has 0 aliphatic carbocycles. The number of hydrogen-bond donors (Lipinski definition) is 0. The standard InChI is InChI=1S/C21H19N2O2/c1-25-16-9-10-19-17(13-16)18(21(24)23-11-5-6-12-23)14-20(22-19)15-7-3-2-4-8-15/h2-5,7-10,13-14H,6,11-12H2,1H3. The summed E-state index contributed by atoms with van der Waals surface area (Å²) in [5.74, 6) is 0.773. The van der Waals surface area contributed by atoms with Crippen molar-refractivity contribution in [1.82, 2.24) is 9.88 Å². The van der Waals surface area contributed by atoms with E-state index in [0.717, 1.165) is 40.9 Å². The fourth-order valence-electron chi connectivity index (χ4n) is 3.21. The van der Waals surface area contributed by atoms with Crippen LogP contribution in [0.25, 0.3) is 22.2 Å². The van der Waals surface area contributed by atoms with Crippen molar-refractivity contribution < 1.29 is 9.53 Å². The van der Waals surface area contributed by atoms with E-state index in [1.807, 2.05) is 59.5 Å². The molecular weight excluding hydrogens is 312 g/mol. The highest BCUT2D eigenvalue weighted by Gasteiger charge is 2.23. The average Bonchev–Trinajstić information content (AvgIpc) is 3.21. The molecule has 1 aliphatic heterocycles. The maximum Gasteiger partial charge on any atom is 0.254 e. The molecule has 0 unspecified atom stereocenters. The SMILES string of the molecule is COc1ccc2nc(-c3ccccc3)cc(C(=O)N3C[CH]CC3)c2c1. The molecule has 4 heteroatoms. The molecule has 25 heavy (non-hydrogen) atoms. The summed E-state index contributed by atoms with van der Waals surface area (Å²) in [6.45, 7) is 1.47. The van der Waals surface area contributed by atoms with E-state index in [9.17, 15) is 4.79 Å². The number of fused-ring (bicyclic) bond motifs is 1. The van der Waals surface area contributed by atoms with Gasteiger partial charge in [-0.3, -0.25) is 4.79 Å². The predicted octanol–water partition coefficient (Wildman–Crippen LogP) is 3.96. The van der Waals surface area contributed by atoms with Crippen LogP contribution in [0.5, 0.6) is 5.75 Å². The van der Waals surface area contributed by atoms with Crippen molar-refractivity contribution in [2.45, 2.75) is 6.42 Å². The van der Waals surface area contributed by atoms with Gasteiger partial charge in [-0.1, -0.05) is 30.3 Å². The van der Waals surface area contributed by atoms with E-state index in [0.29, 0.717) is 12.1 Å². The molecule has 1 amide bonds. The number of methoxy groups -OCH3 is 1. The summed E-state index contributed by atoms with van der Waals surface area (Å²) in [5.41, 5.74) is 3.29. The third kappa shape index (κ3) is 2.95. The highest BCUT2D eigenvalue weighted by Crippen LogP contribution is 2.29. The van der Waals surface area contributed by atoms with Gasteiger partial charge in [-0.15, -0.1) is 0 Å². The monoisotopic (exact) mass is 331 g/mol. The maximum absolute atomic E-state index is 13.1. The predicted molar refractivity (Wildman–Crippen MR) is 98.6 cm³/mol. The molecule has 1 radical (unpaired) electrons. The largest absolute Gasteiger partial charge is 0.497 e. The third-order valence-corrected chi connectivity index (χ3v) is 4.56. The lowest BCUT2D eigenvalue weighted by atomic mass is 10.0. The van der Waals surface area contributed by atoms with E-state index in [1.54, 1.807) is 7.11 Å². The van der Waals surface area contributed by atoms with E-state index in [1.165, 1.54) is 0 Å². The van der Waals surface area contributed by atoms with E-state index >= 15 is 0 Å². The lowest BCUT2D eigenvalue weighted by Gasteiger charge is -2.17. The van der Waals surface area contributed by atoms with Crippen LogP contribution in [0.15, 0.2) is 54.6 Å². The van der Waals surface area contributed by atoms with Gasteiger partial charge in [0.05, 0.1) is 23.9 Å². The number of rotatable bonds is 3. The van der Waals surface area contributed by atoms with Crippen molar-refractivity contribution in [2.75, 3.05) is 20.2 Å². The van der Waals surface area contributed by atoms with Gasteiger partial charge in [0, 0.05) is 24.0 Å². The molecule has 3 aromatic rings. The van der Waals surface area contributed by atoms with E-state index in [-0.39, 0.29) is 5.91 Å². The molecule has 1 saturated heterocycles. The zero-order chi connectivity index (χ0) is 17.2. The van der Waals surface area contributed by atoms with Gasteiger partial charge in [-0.2, -0.15) is 0 Å². The highest BCUT2D eigenvalue weighted by molar-refractivity contribution is 6.07. The first-order valence-corrected chi connectivity index (χ1v) is 8.41. The number of nitrogens with zero attached hydrogens (tertiary/aromatic N) is 2. The van der Waals surface area contributed by atoms with Crippen LogP contribution < -0.4 is 4.74 Å². The van der Waals surface area contributed by atoms with Crippen molar-refractivity contribution in [3.63, 3.8) is 0 Å². The van der Waals surface area contributed by atoms with Crippen molar-refractivity contribution in [1.29, 1.82) is 0 Å². The summed E-state index contributed by atoms with van der Waals surface area (Å²) < 4.78 is 5.34. The first kappa shape index (κ1) is 15.6. The van der Waals surface area contributed by atoms with Crippen LogP contribution in [0.4, 0.5) is 0 Å². The molecule has 2 aromatic carbocycles. The first-order chi connectivity index (χ1) is 12.3. The fourth-order valence-corrected chi connectivity index (χ4v) is 3.21. The fraction of sp³-hybridized carbons (Fsp3) is 0.190. The Kier molecular flexibility index (Phi) is 4.10. The molecule has 1 aliphatic rings. The summed E-state index contributed by atoms with van der Waals surface area (Å²) in [5, 5.41) is 0.830. The quantitative estimate of drug-likeness (QED) is 0.729. The molecule has 1 fully saturated rings. The molecule has 0 N–H and O–H groups in total. The van der Waals surface area contributed by atoms with Gasteiger partial charge in [0.15, 0.2) is 0 Å². The summed E-state index contributed by atoms with van der Waals surface area (Å²) in [7, 11) is 1.63. The normalized spacial score (nSPS) is 14.0. The molecule has 0 saturated carbocycles. The third-order valence-electron chi connectivity index (χ3n) is 4.56. The summed E-state index contributed by atoms with van der Waals surface area (Å²) in [4.78, 5) is 19.7. The summed E-state index contributed by atoms with van der Waals surface area (Å²) in [6, 6.07) is 17.5. The number of pyridine rings is 1. The van der Waals surface area contributed by atoms with Crippen LogP contribution in [0, 0.1) is 6.42 Å². The van der Waals surface area contributed by atoms with Crippen LogP contribution in [0.2, 0.25) is 0 Å². The molecule has 0 bridgehead atoms. The Hall–Kier alpha value is -2.88. The number of carbonyl (C=O) groups is 1. The number of ether oxygens (including phenoxy) is 1. The lowest BCUT2D eigenvalue weighted by molar-refractivity contribution is 0.0798. The van der Waals surface area contributed by atoms with Crippen molar-refractivity contribution in [3.05, 3.63) is 66.6 Å². The Balaban J connectivity index is 1.91. The van der Waals surface area contributed by atoms with E-state index < -0.39 is 0 Å². The summed E-state index contributed by atoms with van der Waals surface area (Å²) in [6.07, 6.45) is 3.09. The molecule has 4 rings (SSSR count). The second kappa shape index (κ2) is 6.55. The van der Waals surface area contributed by atoms with Crippen molar-refractivity contribution >= 4 is 16.8 Å². The maximum atomic E-state index is 13.1. The molecule has 0 atom stereocenters. The minimum absolute atomic E-state index is 0.0478. The van der Waals surface area contributed by atoms with Crippen LogP contribution in [0.1, 0.15) is 16.8 Å². The minimum atomic E-state index is 0.0478. The van der Waals surface area contributed by atoms with Crippen LogP contribution in [0.3, 0.4) is 0 Å². The number of benzene rings is 2. The number of amides is 1. The zero-order valence-electron chi connectivity index (χ0n) is 14.1. The second-order valence-corrected chi connectivity index (χ2v) is 6.13. The topological polar surface area (TPSA) is 42.4 Å². The Labute approximate surface area is 147 Å². The van der Waals surface area contributed by atoms with Gasteiger partial charge in [0.1, 0.15) is 5.75 Å². The summed E-state index contributed by atoms with van der Waals surface area (Å²) >= 11 is 0. The Morgan fingerprint density at radius 1 is 1.12 bits per heavy atom.